The number of non-ortho nitro benzene ring substituents is 1. The molecule has 0 heterocycles. The molecule has 0 aliphatic rings. The summed E-state index contributed by atoms with van der Waals surface area (Å²) in [4.78, 5) is 22.3. The van der Waals surface area contributed by atoms with E-state index >= 15 is 0 Å². The number of ether oxygens (including phenoxy) is 1. The first-order valence-corrected chi connectivity index (χ1v) is 10.6. The molecule has 3 aromatic carbocycles. The lowest BCUT2D eigenvalue weighted by atomic mass is 10.2. The van der Waals surface area contributed by atoms with E-state index in [1.165, 1.54) is 48.5 Å². The lowest BCUT2D eigenvalue weighted by molar-refractivity contribution is -0.384. The third-order valence-corrected chi connectivity index (χ3v) is 5.51. The largest absolute Gasteiger partial charge is 0.484 e. The minimum absolute atomic E-state index is 0.0439. The Morgan fingerprint density at radius 1 is 1.00 bits per heavy atom. The topological polar surface area (TPSA) is 128 Å². The van der Waals surface area contributed by atoms with Crippen molar-refractivity contribution in [3.05, 3.63) is 88.5 Å². The van der Waals surface area contributed by atoms with E-state index in [0.717, 1.165) is 5.56 Å². The quantitative estimate of drug-likeness (QED) is 0.405. The van der Waals surface area contributed by atoms with E-state index < -0.39 is 20.9 Å². The maximum absolute atomic E-state index is 12.5. The Hall–Kier alpha value is -3.92. The molecule has 1 amide bonds. The molecule has 0 radical (unpaired) electrons. The molecule has 0 unspecified atom stereocenters. The van der Waals surface area contributed by atoms with Crippen LogP contribution in [-0.4, -0.2) is 25.9 Å². The zero-order chi connectivity index (χ0) is 22.4. The highest BCUT2D eigenvalue weighted by Gasteiger charge is 2.15. The van der Waals surface area contributed by atoms with E-state index in [0.29, 0.717) is 11.4 Å². The number of anilines is 2. The van der Waals surface area contributed by atoms with E-state index in [9.17, 15) is 23.3 Å². The average molecular weight is 441 g/mol. The third-order valence-electron chi connectivity index (χ3n) is 4.11. The second-order valence-electron chi connectivity index (χ2n) is 6.59. The molecule has 2 N–H and O–H groups in total. The van der Waals surface area contributed by atoms with Crippen LogP contribution in [0.5, 0.6) is 5.75 Å². The van der Waals surface area contributed by atoms with Crippen LogP contribution < -0.4 is 14.8 Å². The fourth-order valence-electron chi connectivity index (χ4n) is 2.68. The molecule has 0 aromatic heterocycles. The molecule has 0 saturated carbocycles. The molecule has 0 aliphatic carbocycles. The van der Waals surface area contributed by atoms with Crippen LogP contribution >= 0.6 is 0 Å². The Morgan fingerprint density at radius 2 is 1.68 bits per heavy atom. The van der Waals surface area contributed by atoms with Gasteiger partial charge in [0.05, 0.1) is 9.82 Å². The number of carbonyl (C=O) groups excluding carboxylic acids is 1. The molecule has 0 atom stereocenters. The number of carbonyl (C=O) groups is 1. The van der Waals surface area contributed by atoms with Gasteiger partial charge in [0.1, 0.15) is 5.75 Å². The first-order valence-electron chi connectivity index (χ1n) is 9.09. The Labute approximate surface area is 178 Å². The number of hydrogen-bond donors (Lipinski definition) is 2. The minimum atomic E-state index is -3.77. The first kappa shape index (κ1) is 21.8. The Balaban J connectivity index is 1.58. The normalized spacial score (nSPS) is 10.9. The molecule has 160 valence electrons. The summed E-state index contributed by atoms with van der Waals surface area (Å²) in [5.41, 5.74) is 1.51. The Morgan fingerprint density at radius 3 is 2.35 bits per heavy atom. The summed E-state index contributed by atoms with van der Waals surface area (Å²) in [6.07, 6.45) is 0. The molecule has 0 aliphatic heterocycles. The van der Waals surface area contributed by atoms with E-state index in [1.807, 2.05) is 13.0 Å². The van der Waals surface area contributed by atoms with Gasteiger partial charge in [-0.25, -0.2) is 8.42 Å². The molecule has 0 fully saturated rings. The fraction of sp³-hybridized carbons (Fsp3) is 0.0952. The standard InChI is InChI=1S/C21H19N3O6S/c1-15-4-2-6-17(12-15)23-31(28,29)20-10-8-19(9-11-20)30-14-21(25)22-16-5-3-7-18(13-16)24(26)27/h2-13,23H,14H2,1H3,(H,22,25). The first-order chi connectivity index (χ1) is 14.7. The number of amides is 1. The van der Waals surface area contributed by atoms with E-state index in [1.54, 1.807) is 18.2 Å². The average Bonchev–Trinajstić information content (AvgIpc) is 2.72. The second kappa shape index (κ2) is 9.26. The highest BCUT2D eigenvalue weighted by atomic mass is 32.2. The monoisotopic (exact) mass is 441 g/mol. The van der Waals surface area contributed by atoms with Crippen molar-refractivity contribution in [1.29, 1.82) is 0 Å². The summed E-state index contributed by atoms with van der Waals surface area (Å²) in [6.45, 7) is 1.51. The predicted molar refractivity (Wildman–Crippen MR) is 116 cm³/mol. The second-order valence-corrected chi connectivity index (χ2v) is 8.27. The van der Waals surface area contributed by atoms with Crippen molar-refractivity contribution in [2.45, 2.75) is 11.8 Å². The molecule has 3 aromatic rings. The molecular weight excluding hydrogens is 422 g/mol. The van der Waals surface area contributed by atoms with Crippen molar-refractivity contribution in [2.24, 2.45) is 0 Å². The molecular formula is C21H19N3O6S. The van der Waals surface area contributed by atoms with Gasteiger partial charge in [-0.3, -0.25) is 19.6 Å². The summed E-state index contributed by atoms with van der Waals surface area (Å²) in [5, 5.41) is 13.3. The van der Waals surface area contributed by atoms with Gasteiger partial charge in [-0.05, 0) is 55.0 Å². The molecule has 0 saturated heterocycles. The van der Waals surface area contributed by atoms with Crippen LogP contribution in [-0.2, 0) is 14.8 Å². The number of nitrogens with zero attached hydrogens (tertiary/aromatic N) is 1. The molecule has 0 bridgehead atoms. The minimum Gasteiger partial charge on any atom is -0.484 e. The molecule has 0 spiro atoms. The number of benzene rings is 3. The van der Waals surface area contributed by atoms with Gasteiger partial charge in [0, 0.05) is 23.5 Å². The van der Waals surface area contributed by atoms with E-state index in [-0.39, 0.29) is 22.9 Å². The number of aryl methyl sites for hydroxylation is 1. The number of nitrogens with one attached hydrogen (secondary N) is 2. The van der Waals surface area contributed by atoms with Gasteiger partial charge in [-0.2, -0.15) is 0 Å². The van der Waals surface area contributed by atoms with Crippen molar-refractivity contribution in [3.63, 3.8) is 0 Å². The van der Waals surface area contributed by atoms with E-state index in [2.05, 4.69) is 10.0 Å². The SMILES string of the molecule is Cc1cccc(NS(=O)(=O)c2ccc(OCC(=O)Nc3cccc([N+](=O)[O-])c3)cc2)c1. The van der Waals surface area contributed by atoms with Crippen molar-refractivity contribution < 1.29 is 22.9 Å². The van der Waals surface area contributed by atoms with Crippen molar-refractivity contribution in [3.8, 4) is 5.75 Å². The lowest BCUT2D eigenvalue weighted by Crippen LogP contribution is -2.20. The van der Waals surface area contributed by atoms with Gasteiger partial charge in [0.2, 0.25) is 0 Å². The van der Waals surface area contributed by atoms with Crippen molar-refractivity contribution >= 4 is 33.0 Å². The summed E-state index contributed by atoms with van der Waals surface area (Å²) in [5.74, 6) is -0.220. The predicted octanol–water partition coefficient (Wildman–Crippen LogP) is 3.72. The van der Waals surface area contributed by atoms with Gasteiger partial charge in [0.25, 0.3) is 21.6 Å². The summed E-state index contributed by atoms with van der Waals surface area (Å²) in [6, 6.07) is 18.1. The van der Waals surface area contributed by atoms with Crippen LogP contribution in [0.1, 0.15) is 5.56 Å². The van der Waals surface area contributed by atoms with Crippen LogP contribution in [0, 0.1) is 17.0 Å². The zero-order valence-corrected chi connectivity index (χ0v) is 17.3. The molecule has 9 nitrogen and oxygen atoms in total. The maximum Gasteiger partial charge on any atom is 0.271 e. The van der Waals surface area contributed by atoms with Crippen LogP contribution in [0.3, 0.4) is 0 Å². The number of rotatable bonds is 8. The number of sulfonamides is 1. The number of nitro benzene ring substituents is 1. The summed E-state index contributed by atoms with van der Waals surface area (Å²) < 4.78 is 32.9. The van der Waals surface area contributed by atoms with Gasteiger partial charge < -0.3 is 10.1 Å². The summed E-state index contributed by atoms with van der Waals surface area (Å²) in [7, 11) is -3.77. The van der Waals surface area contributed by atoms with Crippen LogP contribution in [0.15, 0.2) is 77.7 Å². The number of hydrogen-bond acceptors (Lipinski definition) is 6. The van der Waals surface area contributed by atoms with E-state index in [4.69, 9.17) is 4.74 Å². The highest BCUT2D eigenvalue weighted by molar-refractivity contribution is 7.92. The van der Waals surface area contributed by atoms with Gasteiger partial charge in [-0.1, -0.05) is 18.2 Å². The fourth-order valence-corrected chi connectivity index (χ4v) is 3.73. The Bertz CT molecular complexity index is 1210. The summed E-state index contributed by atoms with van der Waals surface area (Å²) >= 11 is 0. The molecule has 10 heteroatoms. The third kappa shape index (κ3) is 6.03. The van der Waals surface area contributed by atoms with Gasteiger partial charge in [0.15, 0.2) is 6.61 Å². The van der Waals surface area contributed by atoms with Crippen LogP contribution in [0.4, 0.5) is 17.1 Å². The maximum atomic E-state index is 12.5. The Kier molecular flexibility index (Phi) is 6.51. The number of nitro groups is 1. The van der Waals surface area contributed by atoms with Crippen LogP contribution in [0.2, 0.25) is 0 Å². The van der Waals surface area contributed by atoms with Crippen LogP contribution in [0.25, 0.3) is 0 Å². The highest BCUT2D eigenvalue weighted by Crippen LogP contribution is 2.20. The lowest BCUT2D eigenvalue weighted by Gasteiger charge is -2.10. The molecule has 3 rings (SSSR count). The van der Waals surface area contributed by atoms with Gasteiger partial charge >= 0.3 is 0 Å². The van der Waals surface area contributed by atoms with Crippen molar-refractivity contribution in [2.75, 3.05) is 16.6 Å². The van der Waals surface area contributed by atoms with Gasteiger partial charge in [-0.15, -0.1) is 0 Å². The zero-order valence-electron chi connectivity index (χ0n) is 16.4. The smallest absolute Gasteiger partial charge is 0.271 e. The molecule has 31 heavy (non-hydrogen) atoms. The van der Waals surface area contributed by atoms with Crippen molar-refractivity contribution in [1.82, 2.24) is 0 Å².